The van der Waals surface area contributed by atoms with E-state index in [-0.39, 0.29) is 17.2 Å². The highest BCUT2D eigenvalue weighted by Crippen LogP contribution is 2.35. The molecule has 1 saturated heterocycles. The summed E-state index contributed by atoms with van der Waals surface area (Å²) in [6, 6.07) is 5.28. The molecule has 0 atom stereocenters. The predicted octanol–water partition coefficient (Wildman–Crippen LogP) is 4.06. The quantitative estimate of drug-likeness (QED) is 0.359. The molecule has 1 saturated carbocycles. The normalized spacial score (nSPS) is 19.1. The van der Waals surface area contributed by atoms with E-state index in [4.69, 9.17) is 0 Å². The van der Waals surface area contributed by atoms with E-state index in [0.29, 0.717) is 60.9 Å². The molecule has 1 aliphatic heterocycles. The van der Waals surface area contributed by atoms with Crippen molar-refractivity contribution in [1.29, 1.82) is 0 Å². The highest BCUT2D eigenvalue weighted by Gasteiger charge is 2.43. The molecule has 1 aliphatic carbocycles. The molecular formula is C24H26F2N6O. The van der Waals surface area contributed by atoms with Crippen molar-refractivity contribution in [2.75, 3.05) is 25.5 Å². The number of nitrogens with one attached hydrogen (secondary N) is 1. The second-order valence-electron chi connectivity index (χ2n) is 8.87. The van der Waals surface area contributed by atoms with Gasteiger partial charge in [0.2, 0.25) is 0 Å². The third-order valence-corrected chi connectivity index (χ3v) is 6.51. The molecule has 3 aromatic rings. The van der Waals surface area contributed by atoms with Gasteiger partial charge in [-0.1, -0.05) is 0 Å². The Bertz CT molecular complexity index is 1240. The van der Waals surface area contributed by atoms with Crippen LogP contribution in [0.1, 0.15) is 41.9 Å². The number of aromatic nitrogens is 3. The van der Waals surface area contributed by atoms with Crippen LogP contribution in [0.5, 0.6) is 0 Å². The topological polar surface area (TPSA) is 74.9 Å². The van der Waals surface area contributed by atoms with Crippen molar-refractivity contribution in [3.63, 3.8) is 0 Å². The molecule has 3 aromatic heterocycles. The van der Waals surface area contributed by atoms with Crippen LogP contribution in [0.15, 0.2) is 35.6 Å². The second-order valence-corrected chi connectivity index (χ2v) is 8.87. The minimum atomic E-state index is -1.58. The smallest absolute Gasteiger partial charge is 0.173 e. The largest absolute Gasteiger partial charge is 0.339 e. The summed E-state index contributed by atoms with van der Waals surface area (Å²) in [5, 5.41) is 3.01. The molecule has 5 rings (SSSR count). The highest BCUT2D eigenvalue weighted by molar-refractivity contribution is 6.04. The van der Waals surface area contributed by atoms with Crippen LogP contribution in [0.25, 0.3) is 16.9 Å². The van der Waals surface area contributed by atoms with Gasteiger partial charge in [-0.15, -0.1) is 0 Å². The van der Waals surface area contributed by atoms with Gasteiger partial charge in [0.15, 0.2) is 23.4 Å². The molecule has 4 heterocycles. The fourth-order valence-corrected chi connectivity index (χ4v) is 4.57. The number of rotatable bonds is 5. The summed E-state index contributed by atoms with van der Waals surface area (Å²) in [6.45, 7) is 3.18. The van der Waals surface area contributed by atoms with E-state index in [1.807, 2.05) is 0 Å². The van der Waals surface area contributed by atoms with Gasteiger partial charge >= 0.3 is 0 Å². The van der Waals surface area contributed by atoms with Gasteiger partial charge in [0.1, 0.15) is 11.5 Å². The lowest BCUT2D eigenvalue weighted by molar-refractivity contribution is 0.106. The van der Waals surface area contributed by atoms with Crippen LogP contribution in [0, 0.1) is 12.7 Å². The number of halogens is 2. The third kappa shape index (κ3) is 4.13. The Kier molecular flexibility index (Phi) is 5.44. The van der Waals surface area contributed by atoms with Crippen LogP contribution in [0.4, 0.5) is 14.5 Å². The number of pyridine rings is 2. The number of amidine groups is 1. The van der Waals surface area contributed by atoms with E-state index < -0.39 is 11.5 Å². The van der Waals surface area contributed by atoms with Gasteiger partial charge in [0.25, 0.3) is 0 Å². The van der Waals surface area contributed by atoms with E-state index in [9.17, 15) is 9.18 Å². The van der Waals surface area contributed by atoms with Crippen molar-refractivity contribution in [2.24, 2.45) is 4.99 Å². The van der Waals surface area contributed by atoms with Crippen molar-refractivity contribution >= 4 is 23.5 Å². The first-order chi connectivity index (χ1) is 15.9. The molecule has 0 unspecified atom stereocenters. The molecule has 33 heavy (non-hydrogen) atoms. The minimum Gasteiger partial charge on any atom is -0.339 e. The first-order valence-electron chi connectivity index (χ1n) is 11.2. The number of alkyl halides is 1. The monoisotopic (exact) mass is 452 g/mol. The summed E-state index contributed by atoms with van der Waals surface area (Å²) in [5.74, 6) is -0.272. The average Bonchev–Trinajstić information content (AvgIpc) is 3.58. The van der Waals surface area contributed by atoms with Crippen LogP contribution in [0.3, 0.4) is 0 Å². The van der Waals surface area contributed by atoms with E-state index in [2.05, 4.69) is 25.2 Å². The zero-order valence-corrected chi connectivity index (χ0v) is 18.7. The minimum absolute atomic E-state index is 0.106. The standard InChI is InChI=1S/C24H26F2N6O/c1-15-12-32-13-16(11-18(25)22(32)28-15)19-5-6-20(21(14-33)29-19)30-23(27-2)24(26)7-9-31(10-8-24)17-3-4-17/h5-6,11-14,17H,3-4,7-10H2,1-2H3,(H,27,30). The lowest BCUT2D eigenvalue weighted by atomic mass is 9.91. The van der Waals surface area contributed by atoms with Gasteiger partial charge in [-0.25, -0.2) is 18.7 Å². The van der Waals surface area contributed by atoms with Crippen LogP contribution < -0.4 is 5.32 Å². The summed E-state index contributed by atoms with van der Waals surface area (Å²) in [6.07, 6.45) is 7.15. The number of hydrogen-bond donors (Lipinski definition) is 1. The van der Waals surface area contributed by atoms with E-state index >= 15 is 4.39 Å². The summed E-state index contributed by atoms with van der Waals surface area (Å²) < 4.78 is 31.9. The van der Waals surface area contributed by atoms with Crippen LogP contribution in [0.2, 0.25) is 0 Å². The van der Waals surface area contributed by atoms with Crippen LogP contribution >= 0.6 is 0 Å². The third-order valence-electron chi connectivity index (χ3n) is 6.51. The number of carbonyl (C=O) groups is 1. The number of nitrogens with zero attached hydrogens (tertiary/aromatic N) is 5. The molecule has 2 aliphatic rings. The summed E-state index contributed by atoms with van der Waals surface area (Å²) in [5.41, 5.74) is 0.762. The predicted molar refractivity (Wildman–Crippen MR) is 123 cm³/mol. The number of piperidine rings is 1. The molecule has 0 radical (unpaired) electrons. The highest BCUT2D eigenvalue weighted by atomic mass is 19.1. The zero-order valence-electron chi connectivity index (χ0n) is 18.7. The van der Waals surface area contributed by atoms with Crippen molar-refractivity contribution in [2.45, 2.75) is 44.3 Å². The average molecular weight is 453 g/mol. The summed E-state index contributed by atoms with van der Waals surface area (Å²) >= 11 is 0. The number of hydrogen-bond acceptors (Lipinski definition) is 5. The van der Waals surface area contributed by atoms with E-state index in [0.717, 1.165) is 0 Å². The van der Waals surface area contributed by atoms with E-state index in [1.165, 1.54) is 18.9 Å². The van der Waals surface area contributed by atoms with Gasteiger partial charge in [-0.05, 0) is 38.0 Å². The molecule has 0 amide bonds. The fourth-order valence-electron chi connectivity index (χ4n) is 4.57. The molecule has 0 bridgehead atoms. The number of anilines is 1. The van der Waals surface area contributed by atoms with E-state index in [1.54, 1.807) is 42.9 Å². The van der Waals surface area contributed by atoms with Gasteiger partial charge < -0.3 is 14.6 Å². The van der Waals surface area contributed by atoms with Gasteiger partial charge in [0.05, 0.1) is 17.1 Å². The van der Waals surface area contributed by atoms with Crippen LogP contribution in [-0.2, 0) is 0 Å². The number of carbonyl (C=O) groups excluding carboxylic acids is 1. The van der Waals surface area contributed by atoms with Gasteiger partial charge in [0, 0.05) is 57.0 Å². The van der Waals surface area contributed by atoms with Crippen molar-refractivity contribution in [3.05, 3.63) is 47.8 Å². The summed E-state index contributed by atoms with van der Waals surface area (Å²) in [4.78, 5) is 26.9. The molecule has 0 aromatic carbocycles. The lowest BCUT2D eigenvalue weighted by Crippen LogP contribution is -2.49. The Morgan fingerprint density at radius 1 is 1.24 bits per heavy atom. The first-order valence-corrected chi connectivity index (χ1v) is 11.2. The van der Waals surface area contributed by atoms with Crippen molar-refractivity contribution in [3.8, 4) is 11.3 Å². The maximum absolute atomic E-state index is 15.8. The summed E-state index contributed by atoms with van der Waals surface area (Å²) in [7, 11) is 1.55. The Hall–Kier alpha value is -3.20. The Balaban J connectivity index is 1.39. The van der Waals surface area contributed by atoms with Crippen LogP contribution in [-0.4, -0.2) is 63.2 Å². The Morgan fingerprint density at radius 3 is 2.67 bits per heavy atom. The van der Waals surface area contributed by atoms with Gasteiger partial charge in [-0.3, -0.25) is 9.79 Å². The maximum Gasteiger partial charge on any atom is 0.173 e. The first kappa shape index (κ1) is 21.6. The second kappa shape index (κ2) is 8.30. The Labute approximate surface area is 190 Å². The number of aliphatic imine (C=N–C) groups is 1. The van der Waals surface area contributed by atoms with Crippen molar-refractivity contribution in [1.82, 2.24) is 19.3 Å². The zero-order chi connectivity index (χ0) is 23.2. The number of likely N-dealkylation sites (tertiary alicyclic amines) is 1. The Morgan fingerprint density at radius 2 is 2.00 bits per heavy atom. The fraction of sp³-hybridized carbons (Fsp3) is 0.417. The maximum atomic E-state index is 15.8. The van der Waals surface area contributed by atoms with Gasteiger partial charge in [-0.2, -0.15) is 0 Å². The number of fused-ring (bicyclic) bond motifs is 1. The van der Waals surface area contributed by atoms with Crippen molar-refractivity contribution < 1.29 is 13.6 Å². The number of aldehydes is 1. The molecule has 1 N–H and O–H groups in total. The number of imidazole rings is 1. The SMILES string of the molecule is CN=C(Nc1ccc(-c2cc(F)c3nc(C)cn3c2)nc1C=O)C1(F)CCN(C2CC2)CC1. The number of aryl methyl sites for hydroxylation is 1. The molecular weight excluding hydrogens is 426 g/mol. The molecule has 2 fully saturated rings. The molecule has 7 nitrogen and oxygen atoms in total. The molecule has 9 heteroatoms. The lowest BCUT2D eigenvalue weighted by Gasteiger charge is -2.37. The molecule has 0 spiro atoms. The molecule has 172 valence electrons.